The smallest absolute Gasteiger partial charge is 0.251 e. The Bertz CT molecular complexity index is 1350. The minimum absolute atomic E-state index is 0.0897. The van der Waals surface area contributed by atoms with Crippen molar-refractivity contribution in [1.29, 1.82) is 0 Å². The standard InChI is InChI=1S/C28H27Cl2N3O2/c1-2-3-7-18-21(19-10-6-11-20(29)25(19)30)22-16-8-4-5-9-17(16)27(34)24(22)26(23(18)28(31)35)33-14-12-32-13-15-33/h4-6,8-11,32H,2-3,7,12-15H2,1H3,(H2,31,35). The summed E-state index contributed by atoms with van der Waals surface area (Å²) in [5.74, 6) is -0.622. The van der Waals surface area contributed by atoms with Crippen LogP contribution in [0.3, 0.4) is 0 Å². The van der Waals surface area contributed by atoms with Gasteiger partial charge in [-0.15, -0.1) is 0 Å². The van der Waals surface area contributed by atoms with Crippen molar-refractivity contribution in [1.82, 2.24) is 5.32 Å². The highest BCUT2D eigenvalue weighted by Gasteiger charge is 2.39. The number of unbranched alkanes of at least 4 members (excludes halogenated alkanes) is 1. The Labute approximate surface area is 215 Å². The summed E-state index contributed by atoms with van der Waals surface area (Å²) in [5, 5.41) is 4.17. The van der Waals surface area contributed by atoms with Gasteiger partial charge < -0.3 is 16.0 Å². The van der Waals surface area contributed by atoms with Crippen molar-refractivity contribution in [3.63, 3.8) is 0 Å². The van der Waals surface area contributed by atoms with Gasteiger partial charge in [0.1, 0.15) is 0 Å². The van der Waals surface area contributed by atoms with E-state index in [9.17, 15) is 9.59 Å². The Morgan fingerprint density at radius 3 is 2.34 bits per heavy atom. The van der Waals surface area contributed by atoms with Crippen LogP contribution in [0.15, 0.2) is 42.5 Å². The molecule has 0 atom stereocenters. The SMILES string of the molecule is CCCCc1c(C(N)=O)c(N2CCNCC2)c2c(c1-c1cccc(Cl)c1Cl)-c1ccccc1C2=O. The predicted molar refractivity (Wildman–Crippen MR) is 143 cm³/mol. The number of ketones is 1. The Morgan fingerprint density at radius 2 is 1.66 bits per heavy atom. The van der Waals surface area contributed by atoms with Gasteiger partial charge in [-0.05, 0) is 35.6 Å². The van der Waals surface area contributed by atoms with E-state index in [1.54, 1.807) is 6.07 Å². The van der Waals surface area contributed by atoms with Crippen molar-refractivity contribution in [2.75, 3.05) is 31.1 Å². The molecule has 0 spiro atoms. The number of hydrogen-bond acceptors (Lipinski definition) is 4. The van der Waals surface area contributed by atoms with E-state index in [2.05, 4.69) is 17.1 Å². The molecule has 1 aliphatic carbocycles. The molecule has 7 heteroatoms. The quantitative estimate of drug-likeness (QED) is 0.349. The van der Waals surface area contributed by atoms with Gasteiger partial charge in [0.25, 0.3) is 5.91 Å². The molecule has 1 aliphatic heterocycles. The summed E-state index contributed by atoms with van der Waals surface area (Å²) in [5.41, 5.74) is 12.3. The van der Waals surface area contributed by atoms with Gasteiger partial charge in [0.05, 0.1) is 26.9 Å². The molecule has 1 heterocycles. The lowest BCUT2D eigenvalue weighted by Gasteiger charge is -2.34. The molecular weight excluding hydrogens is 481 g/mol. The topological polar surface area (TPSA) is 75.4 Å². The maximum Gasteiger partial charge on any atom is 0.251 e. The van der Waals surface area contributed by atoms with Crippen LogP contribution in [-0.4, -0.2) is 37.9 Å². The van der Waals surface area contributed by atoms with Crippen LogP contribution in [0.25, 0.3) is 22.3 Å². The maximum absolute atomic E-state index is 13.9. The van der Waals surface area contributed by atoms with Crippen LogP contribution in [-0.2, 0) is 6.42 Å². The van der Waals surface area contributed by atoms with Gasteiger partial charge in [0.2, 0.25) is 0 Å². The zero-order valence-electron chi connectivity index (χ0n) is 19.6. The van der Waals surface area contributed by atoms with Crippen molar-refractivity contribution < 1.29 is 9.59 Å². The fraction of sp³-hybridized carbons (Fsp3) is 0.286. The number of nitrogens with one attached hydrogen (secondary N) is 1. The zero-order valence-corrected chi connectivity index (χ0v) is 21.1. The van der Waals surface area contributed by atoms with Crippen molar-refractivity contribution in [2.45, 2.75) is 26.2 Å². The van der Waals surface area contributed by atoms with E-state index in [1.807, 2.05) is 36.4 Å². The van der Waals surface area contributed by atoms with Crippen LogP contribution in [0, 0.1) is 0 Å². The molecule has 3 aromatic carbocycles. The van der Waals surface area contributed by atoms with Gasteiger partial charge in [0.15, 0.2) is 5.78 Å². The normalized spacial score (nSPS) is 14.7. The molecule has 2 aliphatic rings. The molecule has 5 nitrogen and oxygen atoms in total. The molecule has 1 saturated heterocycles. The summed E-state index contributed by atoms with van der Waals surface area (Å²) in [7, 11) is 0. The molecule has 35 heavy (non-hydrogen) atoms. The summed E-state index contributed by atoms with van der Waals surface area (Å²) in [6.45, 7) is 5.00. The highest BCUT2D eigenvalue weighted by Crippen LogP contribution is 2.52. The second-order valence-electron chi connectivity index (χ2n) is 9.01. The Morgan fingerprint density at radius 1 is 0.971 bits per heavy atom. The first-order chi connectivity index (χ1) is 17.0. The fourth-order valence-electron chi connectivity index (χ4n) is 5.38. The first-order valence-corrected chi connectivity index (χ1v) is 12.8. The molecule has 5 rings (SSSR count). The van der Waals surface area contributed by atoms with Crippen LogP contribution in [0.2, 0.25) is 10.0 Å². The highest BCUT2D eigenvalue weighted by molar-refractivity contribution is 6.44. The number of carbonyl (C=O) groups excluding carboxylic acids is 2. The number of amides is 1. The lowest BCUT2D eigenvalue weighted by molar-refractivity contribution is 0.0999. The number of hydrogen-bond donors (Lipinski definition) is 2. The molecule has 0 aromatic heterocycles. The summed E-state index contributed by atoms with van der Waals surface area (Å²) >= 11 is 13.2. The maximum atomic E-state index is 13.9. The second-order valence-corrected chi connectivity index (χ2v) is 9.79. The number of piperazine rings is 1. The van der Waals surface area contributed by atoms with Gasteiger partial charge in [0, 0.05) is 42.9 Å². The lowest BCUT2D eigenvalue weighted by atomic mass is 9.82. The Kier molecular flexibility index (Phi) is 6.58. The molecule has 0 unspecified atom stereocenters. The molecular formula is C28H27Cl2N3O2. The van der Waals surface area contributed by atoms with Gasteiger partial charge in [-0.25, -0.2) is 0 Å². The minimum atomic E-state index is -0.532. The van der Waals surface area contributed by atoms with Crippen molar-refractivity contribution in [2.24, 2.45) is 5.73 Å². The fourth-order valence-corrected chi connectivity index (χ4v) is 5.77. The van der Waals surface area contributed by atoms with Crippen LogP contribution in [0.5, 0.6) is 0 Å². The van der Waals surface area contributed by atoms with E-state index in [4.69, 9.17) is 28.9 Å². The average molecular weight is 508 g/mol. The lowest BCUT2D eigenvalue weighted by Crippen LogP contribution is -2.45. The van der Waals surface area contributed by atoms with E-state index in [1.165, 1.54) is 0 Å². The number of carbonyl (C=O) groups is 2. The summed E-state index contributed by atoms with van der Waals surface area (Å²) in [6, 6.07) is 13.1. The number of primary amides is 1. The number of fused-ring (bicyclic) bond motifs is 3. The molecule has 3 N–H and O–H groups in total. The van der Waals surface area contributed by atoms with Crippen molar-refractivity contribution >= 4 is 40.6 Å². The van der Waals surface area contributed by atoms with Gasteiger partial charge in [-0.1, -0.05) is 72.9 Å². The first kappa shape index (κ1) is 23.9. The van der Waals surface area contributed by atoms with Crippen molar-refractivity contribution in [3.8, 4) is 22.3 Å². The number of benzene rings is 3. The number of nitrogens with two attached hydrogens (primary N) is 1. The van der Waals surface area contributed by atoms with Crippen LogP contribution < -0.4 is 16.0 Å². The number of nitrogens with zero attached hydrogens (tertiary/aromatic N) is 1. The Balaban J connectivity index is 1.97. The zero-order chi connectivity index (χ0) is 24.7. The third kappa shape index (κ3) is 3.92. The summed E-state index contributed by atoms with van der Waals surface area (Å²) in [4.78, 5) is 29.2. The number of anilines is 1. The third-order valence-electron chi connectivity index (χ3n) is 6.93. The van der Waals surface area contributed by atoms with E-state index < -0.39 is 5.91 Å². The average Bonchev–Trinajstić information content (AvgIpc) is 3.16. The number of halogens is 2. The molecule has 0 saturated carbocycles. The molecule has 0 bridgehead atoms. The second kappa shape index (κ2) is 9.65. The Hall–Kier alpha value is -2.86. The van der Waals surface area contributed by atoms with Crippen LogP contribution >= 0.6 is 23.2 Å². The van der Waals surface area contributed by atoms with E-state index in [-0.39, 0.29) is 5.78 Å². The van der Waals surface area contributed by atoms with Crippen molar-refractivity contribution in [3.05, 3.63) is 74.8 Å². The first-order valence-electron chi connectivity index (χ1n) is 12.0. The van der Waals surface area contributed by atoms with Crippen LogP contribution in [0.4, 0.5) is 5.69 Å². The largest absolute Gasteiger partial charge is 0.368 e. The third-order valence-corrected chi connectivity index (χ3v) is 7.75. The summed E-state index contributed by atoms with van der Waals surface area (Å²) in [6.07, 6.45) is 2.44. The van der Waals surface area contributed by atoms with Gasteiger partial charge in [-0.3, -0.25) is 9.59 Å². The molecule has 0 radical (unpaired) electrons. The molecule has 1 fully saturated rings. The van der Waals surface area contributed by atoms with E-state index in [0.717, 1.165) is 48.2 Å². The van der Waals surface area contributed by atoms with E-state index >= 15 is 0 Å². The van der Waals surface area contributed by atoms with Gasteiger partial charge >= 0.3 is 0 Å². The van der Waals surface area contributed by atoms with E-state index in [0.29, 0.717) is 57.5 Å². The summed E-state index contributed by atoms with van der Waals surface area (Å²) < 4.78 is 0. The highest BCUT2D eigenvalue weighted by atomic mass is 35.5. The number of rotatable bonds is 6. The predicted octanol–water partition coefficient (Wildman–Crippen LogP) is 5.72. The molecule has 3 aromatic rings. The van der Waals surface area contributed by atoms with Crippen LogP contribution in [0.1, 0.15) is 51.6 Å². The van der Waals surface area contributed by atoms with Gasteiger partial charge in [-0.2, -0.15) is 0 Å². The molecule has 1 amide bonds. The minimum Gasteiger partial charge on any atom is -0.368 e. The molecule has 180 valence electrons. The monoisotopic (exact) mass is 507 g/mol.